The number of nitrogens with one attached hydrogen (secondary N) is 2. The molecule has 2 N–H and O–H groups in total. The van der Waals surface area contributed by atoms with Crippen LogP contribution in [0.4, 0.5) is 23.1 Å². The Labute approximate surface area is 148 Å². The fourth-order valence-electron chi connectivity index (χ4n) is 2.10. The fraction of sp³-hybridized carbons (Fsp3) is 0.118. The number of rotatable bonds is 6. The third-order valence-corrected chi connectivity index (χ3v) is 3.58. The van der Waals surface area contributed by atoms with Crippen molar-refractivity contribution in [1.82, 2.24) is 15.2 Å². The zero-order chi connectivity index (χ0) is 16.8. The molecular weight excluding hydrogens is 370 g/mol. The fourth-order valence-corrected chi connectivity index (χ4v) is 2.50. The van der Waals surface area contributed by atoms with Gasteiger partial charge in [-0.3, -0.25) is 0 Å². The number of ether oxygens (including phenoxy) is 1. The minimum atomic E-state index is 0.391. The van der Waals surface area contributed by atoms with Gasteiger partial charge in [-0.15, -0.1) is 5.10 Å². The molecule has 0 radical (unpaired) electrons. The number of halogens is 1. The maximum Gasteiger partial charge on any atom is 0.249 e. The Morgan fingerprint density at radius 3 is 2.79 bits per heavy atom. The number of para-hydroxylation sites is 2. The van der Waals surface area contributed by atoms with E-state index in [1.54, 1.807) is 6.20 Å². The molecule has 3 rings (SSSR count). The normalized spacial score (nSPS) is 10.2. The summed E-state index contributed by atoms with van der Waals surface area (Å²) in [5.74, 6) is 1.73. The minimum absolute atomic E-state index is 0.391. The van der Waals surface area contributed by atoms with Crippen LogP contribution in [0.1, 0.15) is 6.92 Å². The van der Waals surface area contributed by atoms with Crippen molar-refractivity contribution in [2.24, 2.45) is 0 Å². The number of anilines is 4. The predicted molar refractivity (Wildman–Crippen MR) is 98.1 cm³/mol. The van der Waals surface area contributed by atoms with Gasteiger partial charge in [-0.2, -0.15) is 10.1 Å². The minimum Gasteiger partial charge on any atom is -0.492 e. The van der Waals surface area contributed by atoms with Crippen molar-refractivity contribution in [3.8, 4) is 5.75 Å². The van der Waals surface area contributed by atoms with Gasteiger partial charge in [0.15, 0.2) is 5.82 Å². The molecular formula is C17H16BrN5O. The van der Waals surface area contributed by atoms with Crippen LogP contribution in [-0.4, -0.2) is 21.8 Å². The summed E-state index contributed by atoms with van der Waals surface area (Å²) in [6.45, 7) is 2.53. The van der Waals surface area contributed by atoms with E-state index in [0.717, 1.165) is 21.6 Å². The first-order valence-electron chi connectivity index (χ1n) is 7.46. The number of hydrogen-bond acceptors (Lipinski definition) is 6. The summed E-state index contributed by atoms with van der Waals surface area (Å²) in [5, 5.41) is 14.3. The second kappa shape index (κ2) is 7.74. The topological polar surface area (TPSA) is 72.0 Å². The second-order valence-electron chi connectivity index (χ2n) is 4.85. The summed E-state index contributed by atoms with van der Waals surface area (Å²) in [5.41, 5.74) is 1.70. The number of hydrogen-bond donors (Lipinski definition) is 2. The van der Waals surface area contributed by atoms with Gasteiger partial charge >= 0.3 is 0 Å². The van der Waals surface area contributed by atoms with Crippen molar-refractivity contribution >= 4 is 39.1 Å². The Balaban J connectivity index is 1.78. The third-order valence-electron chi connectivity index (χ3n) is 3.09. The van der Waals surface area contributed by atoms with Crippen LogP contribution in [0.25, 0.3) is 0 Å². The van der Waals surface area contributed by atoms with E-state index in [9.17, 15) is 0 Å². The van der Waals surface area contributed by atoms with Crippen LogP contribution in [-0.2, 0) is 0 Å². The van der Waals surface area contributed by atoms with Crippen molar-refractivity contribution in [2.75, 3.05) is 17.2 Å². The van der Waals surface area contributed by atoms with E-state index in [-0.39, 0.29) is 0 Å². The predicted octanol–water partition coefficient (Wildman–Crippen LogP) is 4.52. The highest BCUT2D eigenvalue weighted by molar-refractivity contribution is 9.10. The van der Waals surface area contributed by atoms with Crippen LogP contribution in [0.5, 0.6) is 5.75 Å². The van der Waals surface area contributed by atoms with E-state index in [4.69, 9.17) is 4.74 Å². The molecule has 122 valence electrons. The Morgan fingerprint density at radius 2 is 1.96 bits per heavy atom. The van der Waals surface area contributed by atoms with Gasteiger partial charge in [-0.05, 0) is 37.3 Å². The highest BCUT2D eigenvalue weighted by atomic mass is 79.9. The van der Waals surface area contributed by atoms with E-state index in [0.29, 0.717) is 18.4 Å². The van der Waals surface area contributed by atoms with Crippen LogP contribution in [0, 0.1) is 0 Å². The molecule has 0 atom stereocenters. The summed E-state index contributed by atoms with van der Waals surface area (Å²) in [4.78, 5) is 4.43. The molecule has 0 aliphatic heterocycles. The van der Waals surface area contributed by atoms with Gasteiger partial charge in [0.05, 0.1) is 18.5 Å². The molecule has 0 saturated carbocycles. The van der Waals surface area contributed by atoms with Gasteiger partial charge in [0, 0.05) is 10.2 Å². The second-order valence-corrected chi connectivity index (χ2v) is 5.77. The summed E-state index contributed by atoms with van der Waals surface area (Å²) in [7, 11) is 0. The maximum atomic E-state index is 5.59. The molecule has 0 bridgehead atoms. The molecule has 0 fully saturated rings. The van der Waals surface area contributed by atoms with Crippen LogP contribution < -0.4 is 15.4 Å². The number of aromatic nitrogens is 3. The summed E-state index contributed by atoms with van der Waals surface area (Å²) < 4.78 is 6.57. The molecule has 24 heavy (non-hydrogen) atoms. The molecule has 0 aliphatic rings. The van der Waals surface area contributed by atoms with E-state index >= 15 is 0 Å². The lowest BCUT2D eigenvalue weighted by Crippen LogP contribution is -2.04. The van der Waals surface area contributed by atoms with Crippen LogP contribution in [0.3, 0.4) is 0 Å². The Hall–Kier alpha value is -2.67. The molecule has 1 heterocycles. The van der Waals surface area contributed by atoms with Crippen LogP contribution in [0.2, 0.25) is 0 Å². The first kappa shape index (κ1) is 16.2. The standard InChI is InChI=1S/C17H16BrN5O/c1-2-24-15-9-4-3-8-14(15)21-17-22-16(11-19-23-17)20-13-7-5-6-12(18)10-13/h3-11H,2H2,1H3,(H2,20,21,22,23). The monoisotopic (exact) mass is 385 g/mol. The molecule has 0 aliphatic carbocycles. The van der Waals surface area contributed by atoms with Crippen LogP contribution in [0.15, 0.2) is 59.2 Å². The largest absolute Gasteiger partial charge is 0.492 e. The molecule has 0 spiro atoms. The summed E-state index contributed by atoms with van der Waals surface area (Å²) in [6, 6.07) is 15.4. The van der Waals surface area contributed by atoms with Gasteiger partial charge in [-0.25, -0.2) is 0 Å². The Kier molecular flexibility index (Phi) is 5.22. The Morgan fingerprint density at radius 1 is 1.08 bits per heavy atom. The van der Waals surface area contributed by atoms with Gasteiger partial charge in [-0.1, -0.05) is 34.1 Å². The SMILES string of the molecule is CCOc1ccccc1Nc1nncc(Nc2cccc(Br)c2)n1. The van der Waals surface area contributed by atoms with Gasteiger partial charge in [0.2, 0.25) is 5.95 Å². The van der Waals surface area contributed by atoms with E-state index in [1.807, 2.05) is 55.5 Å². The lowest BCUT2D eigenvalue weighted by Gasteiger charge is -2.11. The molecule has 0 amide bonds. The number of benzene rings is 2. The molecule has 7 heteroatoms. The van der Waals surface area contributed by atoms with Gasteiger partial charge < -0.3 is 15.4 Å². The molecule has 0 saturated heterocycles. The van der Waals surface area contributed by atoms with E-state index in [1.165, 1.54) is 0 Å². The van der Waals surface area contributed by atoms with E-state index in [2.05, 4.69) is 41.7 Å². The smallest absolute Gasteiger partial charge is 0.249 e. The van der Waals surface area contributed by atoms with Crippen LogP contribution >= 0.6 is 15.9 Å². The lowest BCUT2D eigenvalue weighted by molar-refractivity contribution is 0.342. The first-order valence-corrected chi connectivity index (χ1v) is 8.25. The average molecular weight is 386 g/mol. The highest BCUT2D eigenvalue weighted by Crippen LogP contribution is 2.26. The van der Waals surface area contributed by atoms with Crippen molar-refractivity contribution in [2.45, 2.75) is 6.92 Å². The van der Waals surface area contributed by atoms with Crippen molar-refractivity contribution in [3.63, 3.8) is 0 Å². The number of nitrogens with zero attached hydrogens (tertiary/aromatic N) is 3. The average Bonchev–Trinajstić information content (AvgIpc) is 2.57. The third kappa shape index (κ3) is 4.20. The molecule has 3 aromatic rings. The zero-order valence-electron chi connectivity index (χ0n) is 13.0. The highest BCUT2D eigenvalue weighted by Gasteiger charge is 2.06. The van der Waals surface area contributed by atoms with Crippen molar-refractivity contribution in [1.29, 1.82) is 0 Å². The van der Waals surface area contributed by atoms with Crippen molar-refractivity contribution < 1.29 is 4.74 Å². The summed E-state index contributed by atoms with van der Waals surface area (Å²) >= 11 is 3.44. The molecule has 6 nitrogen and oxygen atoms in total. The zero-order valence-corrected chi connectivity index (χ0v) is 14.6. The maximum absolute atomic E-state index is 5.59. The van der Waals surface area contributed by atoms with Gasteiger partial charge in [0.1, 0.15) is 5.75 Å². The molecule has 1 aromatic heterocycles. The summed E-state index contributed by atoms with van der Waals surface area (Å²) in [6.07, 6.45) is 1.57. The van der Waals surface area contributed by atoms with Crippen molar-refractivity contribution in [3.05, 3.63) is 59.2 Å². The first-order chi connectivity index (χ1) is 11.7. The Bertz CT molecular complexity index is 827. The molecule has 0 unspecified atom stereocenters. The van der Waals surface area contributed by atoms with Gasteiger partial charge in [0.25, 0.3) is 0 Å². The quantitative estimate of drug-likeness (QED) is 0.649. The van der Waals surface area contributed by atoms with E-state index < -0.39 is 0 Å². The lowest BCUT2D eigenvalue weighted by atomic mass is 10.3. The molecule has 2 aromatic carbocycles.